The Balaban J connectivity index is 1.66. The third kappa shape index (κ3) is 4.78. The first-order chi connectivity index (χ1) is 13.4. The summed E-state index contributed by atoms with van der Waals surface area (Å²) in [5.41, 5.74) is 1.37. The minimum atomic E-state index is -3.41. The zero-order valence-electron chi connectivity index (χ0n) is 15.6. The van der Waals surface area contributed by atoms with Crippen LogP contribution in [0.15, 0.2) is 41.8 Å². The fourth-order valence-electron chi connectivity index (χ4n) is 3.27. The minimum absolute atomic E-state index is 0.117. The highest BCUT2D eigenvalue weighted by Gasteiger charge is 2.34. The third-order valence-corrected chi connectivity index (χ3v) is 6.95. The molecule has 0 radical (unpaired) electrons. The van der Waals surface area contributed by atoms with Crippen LogP contribution in [0.3, 0.4) is 0 Å². The highest BCUT2D eigenvalue weighted by molar-refractivity contribution is 7.88. The Bertz CT molecular complexity index is 942. The summed E-state index contributed by atoms with van der Waals surface area (Å²) in [6, 6.07) is 10.2. The first kappa shape index (κ1) is 20.5. The summed E-state index contributed by atoms with van der Waals surface area (Å²) in [7, 11) is -2.03. The number of rotatable bonds is 7. The molecule has 0 aliphatic carbocycles. The predicted octanol–water partition coefficient (Wildman–Crippen LogP) is 1.72. The van der Waals surface area contributed by atoms with Gasteiger partial charge >= 0.3 is 0 Å². The van der Waals surface area contributed by atoms with Crippen LogP contribution in [-0.2, 0) is 27.1 Å². The number of carbonyl (C=O) groups excluding carboxylic acids is 2. The molecule has 7 nitrogen and oxygen atoms in total. The Morgan fingerprint density at radius 2 is 1.93 bits per heavy atom. The lowest BCUT2D eigenvalue weighted by molar-refractivity contribution is -0.125. The minimum Gasteiger partial charge on any atom is -0.350 e. The maximum absolute atomic E-state index is 12.7. The summed E-state index contributed by atoms with van der Waals surface area (Å²) >= 11 is 1.37. The van der Waals surface area contributed by atoms with Gasteiger partial charge in [0.05, 0.1) is 10.6 Å². The normalized spacial score (nSPS) is 16.9. The van der Waals surface area contributed by atoms with E-state index >= 15 is 0 Å². The zero-order chi connectivity index (χ0) is 20.1. The lowest BCUT2D eigenvalue weighted by Crippen LogP contribution is -2.45. The second-order valence-corrected chi connectivity index (χ2v) is 9.46. The maximum Gasteiger partial charge on any atom is 0.264 e. The smallest absolute Gasteiger partial charge is 0.264 e. The molecule has 2 amide bonds. The van der Waals surface area contributed by atoms with Crippen molar-refractivity contribution in [1.82, 2.24) is 14.9 Å². The molecule has 150 valence electrons. The molecule has 1 aliphatic rings. The van der Waals surface area contributed by atoms with E-state index in [-0.39, 0.29) is 24.1 Å². The molecule has 0 bridgehead atoms. The number of sulfonamides is 1. The van der Waals surface area contributed by atoms with E-state index in [0.29, 0.717) is 23.4 Å². The van der Waals surface area contributed by atoms with E-state index in [2.05, 4.69) is 10.0 Å². The topological polar surface area (TPSA) is 95.6 Å². The quantitative estimate of drug-likeness (QED) is 0.712. The maximum atomic E-state index is 12.7. The largest absolute Gasteiger partial charge is 0.350 e. The highest BCUT2D eigenvalue weighted by atomic mass is 32.2. The van der Waals surface area contributed by atoms with Crippen LogP contribution in [0, 0.1) is 0 Å². The lowest BCUT2D eigenvalue weighted by Gasteiger charge is -2.23. The molecule has 1 fully saturated rings. The van der Waals surface area contributed by atoms with Crippen molar-refractivity contribution >= 4 is 33.2 Å². The number of hydrogen-bond acceptors (Lipinski definition) is 5. The summed E-state index contributed by atoms with van der Waals surface area (Å²) in [6.07, 6.45) is 1.41. The number of nitrogens with zero attached hydrogens (tertiary/aromatic N) is 1. The summed E-state index contributed by atoms with van der Waals surface area (Å²) in [6.45, 7) is 0.775. The average Bonchev–Trinajstić information content (AvgIpc) is 3.38. The van der Waals surface area contributed by atoms with Crippen LogP contribution in [0.2, 0.25) is 0 Å². The van der Waals surface area contributed by atoms with Crippen LogP contribution < -0.4 is 10.0 Å². The molecule has 1 aromatic heterocycles. The lowest BCUT2D eigenvalue weighted by atomic mass is 10.1. The molecular weight excluding hydrogens is 398 g/mol. The number of amides is 2. The van der Waals surface area contributed by atoms with E-state index in [0.717, 1.165) is 12.0 Å². The molecule has 9 heteroatoms. The summed E-state index contributed by atoms with van der Waals surface area (Å²) in [5.74, 6) is -0.482. The van der Waals surface area contributed by atoms with Crippen LogP contribution in [-0.4, -0.2) is 44.8 Å². The van der Waals surface area contributed by atoms with Gasteiger partial charge in [0.25, 0.3) is 5.91 Å². The van der Waals surface area contributed by atoms with Gasteiger partial charge < -0.3 is 10.2 Å². The summed E-state index contributed by atoms with van der Waals surface area (Å²) in [5, 5.41) is 4.71. The number of benzene rings is 1. The van der Waals surface area contributed by atoms with E-state index in [1.54, 1.807) is 35.2 Å². The van der Waals surface area contributed by atoms with Crippen molar-refractivity contribution in [3.8, 4) is 0 Å². The van der Waals surface area contributed by atoms with Crippen molar-refractivity contribution in [2.75, 3.05) is 13.6 Å². The summed E-state index contributed by atoms with van der Waals surface area (Å²) in [4.78, 5) is 27.6. The van der Waals surface area contributed by atoms with Crippen molar-refractivity contribution in [2.45, 2.75) is 31.2 Å². The number of hydrogen-bond donors (Lipinski definition) is 2. The average molecular weight is 422 g/mol. The second kappa shape index (κ2) is 8.85. The van der Waals surface area contributed by atoms with Crippen LogP contribution in [0.1, 0.15) is 33.6 Å². The van der Waals surface area contributed by atoms with Gasteiger partial charge in [-0.3, -0.25) is 9.59 Å². The Labute approximate surface area is 168 Å². The first-order valence-corrected chi connectivity index (χ1v) is 11.5. The van der Waals surface area contributed by atoms with Crippen LogP contribution >= 0.6 is 11.3 Å². The molecule has 0 saturated carbocycles. The van der Waals surface area contributed by atoms with Crippen molar-refractivity contribution in [3.05, 3.63) is 57.8 Å². The van der Waals surface area contributed by atoms with Gasteiger partial charge in [0, 0.05) is 13.1 Å². The Hall–Kier alpha value is -2.23. The van der Waals surface area contributed by atoms with Crippen molar-refractivity contribution in [1.29, 1.82) is 0 Å². The van der Waals surface area contributed by atoms with E-state index < -0.39 is 16.1 Å². The molecule has 1 aliphatic heterocycles. The van der Waals surface area contributed by atoms with Gasteiger partial charge in [-0.15, -0.1) is 11.3 Å². The van der Waals surface area contributed by atoms with Crippen molar-refractivity contribution in [3.63, 3.8) is 0 Å². The molecule has 0 spiro atoms. The van der Waals surface area contributed by atoms with Crippen LogP contribution in [0.5, 0.6) is 0 Å². The van der Waals surface area contributed by atoms with Gasteiger partial charge in [0.2, 0.25) is 15.9 Å². The molecule has 2 heterocycles. The second-order valence-electron chi connectivity index (χ2n) is 6.58. The molecule has 1 atom stereocenters. The van der Waals surface area contributed by atoms with Gasteiger partial charge in [-0.25, -0.2) is 13.1 Å². The van der Waals surface area contributed by atoms with Gasteiger partial charge in [-0.1, -0.05) is 30.3 Å². The Kier molecular flexibility index (Phi) is 6.48. The van der Waals surface area contributed by atoms with Crippen molar-refractivity contribution < 1.29 is 18.0 Å². The zero-order valence-corrected chi connectivity index (χ0v) is 17.2. The van der Waals surface area contributed by atoms with Crippen LogP contribution in [0.25, 0.3) is 0 Å². The predicted molar refractivity (Wildman–Crippen MR) is 108 cm³/mol. The number of likely N-dealkylation sites (tertiary alicyclic amines) is 1. The Morgan fingerprint density at radius 1 is 1.18 bits per heavy atom. The van der Waals surface area contributed by atoms with E-state index in [1.807, 2.05) is 11.4 Å². The summed E-state index contributed by atoms with van der Waals surface area (Å²) < 4.78 is 26.0. The molecule has 0 unspecified atom stereocenters. The van der Waals surface area contributed by atoms with E-state index in [1.165, 1.54) is 18.4 Å². The molecule has 2 N–H and O–H groups in total. The van der Waals surface area contributed by atoms with E-state index in [9.17, 15) is 18.0 Å². The molecule has 1 saturated heterocycles. The SMILES string of the molecule is CNS(=O)(=O)Cc1ccccc1CNC(=O)[C@@H]1CCCN1C(=O)c1cccs1. The molecule has 1 aromatic carbocycles. The monoisotopic (exact) mass is 421 g/mol. The fourth-order valence-corrected chi connectivity index (χ4v) is 4.79. The first-order valence-electron chi connectivity index (χ1n) is 9.01. The molecule has 3 rings (SSSR count). The number of carbonyl (C=O) groups is 2. The molecule has 2 aromatic rings. The van der Waals surface area contributed by atoms with Crippen LogP contribution in [0.4, 0.5) is 0 Å². The fraction of sp³-hybridized carbons (Fsp3) is 0.368. The van der Waals surface area contributed by atoms with Crippen molar-refractivity contribution in [2.24, 2.45) is 0 Å². The number of nitrogens with one attached hydrogen (secondary N) is 2. The van der Waals surface area contributed by atoms with E-state index in [4.69, 9.17) is 0 Å². The number of thiophene rings is 1. The van der Waals surface area contributed by atoms with Gasteiger partial charge in [0.1, 0.15) is 6.04 Å². The highest BCUT2D eigenvalue weighted by Crippen LogP contribution is 2.22. The standard InChI is InChI=1S/C19H23N3O4S2/c1-20-28(25,26)13-15-7-3-2-6-14(15)12-21-18(23)16-8-4-10-22(16)19(24)17-9-5-11-27-17/h2-3,5-7,9,11,16,20H,4,8,10,12-13H2,1H3,(H,21,23)/t16-/m0/s1. The molecule has 28 heavy (non-hydrogen) atoms. The van der Waals surface area contributed by atoms with Gasteiger partial charge in [0.15, 0.2) is 0 Å². The third-order valence-electron chi connectivity index (χ3n) is 4.78. The van der Waals surface area contributed by atoms with Gasteiger partial charge in [-0.05, 0) is 42.5 Å². The molecular formula is C19H23N3O4S2. The Morgan fingerprint density at radius 3 is 2.61 bits per heavy atom. The van der Waals surface area contributed by atoms with Gasteiger partial charge in [-0.2, -0.15) is 0 Å².